The molecule has 0 saturated heterocycles. The lowest BCUT2D eigenvalue weighted by Crippen LogP contribution is -2.05. The zero-order valence-electron chi connectivity index (χ0n) is 32.7. The molecule has 1 atom stereocenters. The summed E-state index contributed by atoms with van der Waals surface area (Å²) in [6.07, 6.45) is 7.64. The Hall–Kier alpha value is -7.89. The number of hydrogen-bond donors (Lipinski definition) is 0. The van der Waals surface area contributed by atoms with Crippen molar-refractivity contribution in [3.05, 3.63) is 218 Å². The van der Waals surface area contributed by atoms with Crippen LogP contribution < -0.4 is 0 Å². The maximum Gasteiger partial charge on any atom is 0.164 e. The van der Waals surface area contributed by atoms with Gasteiger partial charge in [-0.15, -0.1) is 0 Å². The lowest BCUT2D eigenvalue weighted by Gasteiger charge is -2.18. The van der Waals surface area contributed by atoms with Gasteiger partial charge in [-0.1, -0.05) is 140 Å². The second-order valence-electron chi connectivity index (χ2n) is 15.6. The minimum atomic E-state index is 0.169. The topological polar surface area (TPSA) is 48.5 Å². The fourth-order valence-electron chi connectivity index (χ4n) is 9.18. The first-order chi connectivity index (χ1) is 29.7. The van der Waals surface area contributed by atoms with Crippen molar-refractivity contribution in [3.8, 4) is 34.2 Å². The summed E-state index contributed by atoms with van der Waals surface area (Å²) in [4.78, 5) is 15.4. The highest BCUT2D eigenvalue weighted by Crippen LogP contribution is 2.38. The Bertz CT molecular complexity index is 3500. The van der Waals surface area contributed by atoms with Gasteiger partial charge in [0, 0.05) is 55.5 Å². The molecule has 11 aromatic rings. The Labute approximate surface area is 346 Å². The van der Waals surface area contributed by atoms with Crippen LogP contribution >= 0.6 is 0 Å². The average Bonchev–Trinajstić information content (AvgIpc) is 3.83. The lowest BCUT2D eigenvalue weighted by atomic mass is 9.89. The molecule has 5 nitrogen and oxygen atoms in total. The molecule has 0 fully saturated rings. The summed E-state index contributed by atoms with van der Waals surface area (Å²) in [7, 11) is 0. The van der Waals surface area contributed by atoms with Gasteiger partial charge < -0.3 is 9.13 Å². The predicted molar refractivity (Wildman–Crippen MR) is 248 cm³/mol. The molecule has 1 aliphatic carbocycles. The van der Waals surface area contributed by atoms with Crippen molar-refractivity contribution in [3.63, 3.8) is 0 Å². The number of para-hydroxylation sites is 3. The molecule has 60 heavy (non-hydrogen) atoms. The zero-order valence-corrected chi connectivity index (χ0v) is 32.7. The normalized spacial score (nSPS) is 14.1. The molecule has 3 heterocycles. The molecule has 0 spiro atoms. The van der Waals surface area contributed by atoms with Gasteiger partial charge in [0.1, 0.15) is 0 Å². The molecule has 1 unspecified atom stereocenters. The van der Waals surface area contributed by atoms with Crippen LogP contribution in [0.25, 0.3) is 94.1 Å². The van der Waals surface area contributed by atoms with E-state index in [1.807, 2.05) is 18.2 Å². The summed E-state index contributed by atoms with van der Waals surface area (Å²) in [5.41, 5.74) is 11.2. The number of hydrogen-bond acceptors (Lipinski definition) is 3. The first-order valence-corrected chi connectivity index (χ1v) is 20.5. The number of aromatic nitrogens is 5. The van der Waals surface area contributed by atoms with E-state index >= 15 is 0 Å². The Balaban J connectivity index is 0.940. The van der Waals surface area contributed by atoms with Gasteiger partial charge in [0.25, 0.3) is 0 Å². The van der Waals surface area contributed by atoms with Crippen molar-refractivity contribution in [1.82, 2.24) is 24.1 Å². The molecule has 282 valence electrons. The SMILES string of the molecule is C1=CC(c2nc(-c3ccccc3)nc(-c3ccc4c(c3)c3ccccc3n4-c3ccccc3)n2)=CC(c2ccc(-n3c4ccccc4c4cc5ccccc5cc43)cc2)C1. The molecule has 0 bridgehead atoms. The van der Waals surface area contributed by atoms with Crippen molar-refractivity contribution in [2.45, 2.75) is 12.3 Å². The molecule has 0 saturated carbocycles. The Kier molecular flexibility index (Phi) is 7.91. The van der Waals surface area contributed by atoms with E-state index in [0.717, 1.165) is 50.9 Å². The number of rotatable bonds is 6. The molecule has 8 aromatic carbocycles. The Morgan fingerprint density at radius 1 is 0.400 bits per heavy atom. The van der Waals surface area contributed by atoms with Crippen molar-refractivity contribution in [1.29, 1.82) is 0 Å². The van der Waals surface area contributed by atoms with Crippen LogP contribution in [0.3, 0.4) is 0 Å². The summed E-state index contributed by atoms with van der Waals surface area (Å²) in [6.45, 7) is 0. The lowest BCUT2D eigenvalue weighted by molar-refractivity contribution is 0.853. The van der Waals surface area contributed by atoms with Gasteiger partial charge >= 0.3 is 0 Å². The standard InChI is InChI=1S/C55H37N5/c1-3-14-37(15-4-1)53-56-54(58-55(57-53)42-28-31-51-47(34-42)45-22-9-11-24-49(45)59(51)43-20-5-2-6-21-43)41-19-13-18-38(32-41)36-26-29-44(30-27-36)60-50-25-12-10-23-46(50)48-33-39-16-7-8-17-40(39)35-52(48)60/h1-17,19-35,38H,18H2. The minimum absolute atomic E-state index is 0.169. The van der Waals surface area contributed by atoms with E-state index in [2.05, 4.69) is 197 Å². The smallest absolute Gasteiger partial charge is 0.164 e. The fraction of sp³-hybridized carbons (Fsp3) is 0.0364. The number of fused-ring (bicyclic) bond motifs is 7. The molecule has 3 aromatic heterocycles. The summed E-state index contributed by atoms with van der Waals surface area (Å²) >= 11 is 0. The average molecular weight is 768 g/mol. The molecule has 0 radical (unpaired) electrons. The quantitative estimate of drug-likeness (QED) is 0.169. The number of nitrogens with zero attached hydrogens (tertiary/aromatic N) is 5. The van der Waals surface area contributed by atoms with Crippen molar-refractivity contribution in [2.75, 3.05) is 0 Å². The van der Waals surface area contributed by atoms with Gasteiger partial charge in [-0.25, -0.2) is 15.0 Å². The Morgan fingerprint density at radius 2 is 0.950 bits per heavy atom. The van der Waals surface area contributed by atoms with E-state index in [4.69, 9.17) is 15.0 Å². The van der Waals surface area contributed by atoms with E-state index in [9.17, 15) is 0 Å². The third-order valence-corrected chi connectivity index (χ3v) is 12.1. The second-order valence-corrected chi connectivity index (χ2v) is 15.6. The van der Waals surface area contributed by atoms with E-state index in [1.165, 1.54) is 43.5 Å². The molecule has 0 aliphatic heterocycles. The van der Waals surface area contributed by atoms with E-state index in [1.54, 1.807) is 0 Å². The highest BCUT2D eigenvalue weighted by atomic mass is 15.0. The summed E-state index contributed by atoms with van der Waals surface area (Å²) in [5, 5.41) is 7.37. The van der Waals surface area contributed by atoms with Crippen molar-refractivity contribution >= 4 is 60.0 Å². The summed E-state index contributed by atoms with van der Waals surface area (Å²) in [6, 6.07) is 67.0. The first-order valence-electron chi connectivity index (χ1n) is 20.5. The molecule has 12 rings (SSSR count). The van der Waals surface area contributed by atoms with Gasteiger partial charge in [0.05, 0.1) is 22.1 Å². The summed E-state index contributed by atoms with van der Waals surface area (Å²) in [5.74, 6) is 2.14. The Morgan fingerprint density at radius 3 is 1.68 bits per heavy atom. The molecular weight excluding hydrogens is 731 g/mol. The molecule has 1 aliphatic rings. The zero-order chi connectivity index (χ0) is 39.6. The largest absolute Gasteiger partial charge is 0.309 e. The third kappa shape index (κ3) is 5.66. The van der Waals surface area contributed by atoms with E-state index < -0.39 is 0 Å². The predicted octanol–water partition coefficient (Wildman–Crippen LogP) is 13.7. The second kappa shape index (κ2) is 13.9. The molecular formula is C55H37N5. The third-order valence-electron chi connectivity index (χ3n) is 12.1. The van der Waals surface area contributed by atoms with Gasteiger partial charge in [-0.05, 0) is 89.5 Å². The van der Waals surface area contributed by atoms with Crippen LogP contribution in [0.5, 0.6) is 0 Å². The van der Waals surface area contributed by atoms with Crippen LogP contribution in [0.4, 0.5) is 0 Å². The van der Waals surface area contributed by atoms with Crippen molar-refractivity contribution in [2.24, 2.45) is 0 Å². The van der Waals surface area contributed by atoms with Gasteiger partial charge in [0.15, 0.2) is 17.5 Å². The number of benzene rings is 8. The van der Waals surface area contributed by atoms with Crippen LogP contribution in [0.2, 0.25) is 0 Å². The first kappa shape index (κ1) is 34.2. The monoisotopic (exact) mass is 767 g/mol. The maximum atomic E-state index is 5.21. The van der Waals surface area contributed by atoms with Crippen LogP contribution in [-0.2, 0) is 0 Å². The molecule has 0 N–H and O–H groups in total. The van der Waals surface area contributed by atoms with Crippen LogP contribution in [0.15, 0.2) is 206 Å². The van der Waals surface area contributed by atoms with Crippen LogP contribution in [-0.4, -0.2) is 24.1 Å². The minimum Gasteiger partial charge on any atom is -0.309 e. The highest BCUT2D eigenvalue weighted by molar-refractivity contribution is 6.14. The van der Waals surface area contributed by atoms with Gasteiger partial charge in [-0.2, -0.15) is 0 Å². The molecule has 5 heteroatoms. The van der Waals surface area contributed by atoms with Gasteiger partial charge in [0.2, 0.25) is 0 Å². The highest BCUT2D eigenvalue weighted by Gasteiger charge is 2.20. The van der Waals surface area contributed by atoms with Crippen LogP contribution in [0.1, 0.15) is 23.7 Å². The summed E-state index contributed by atoms with van der Waals surface area (Å²) < 4.78 is 4.73. The van der Waals surface area contributed by atoms with Gasteiger partial charge in [-0.3, -0.25) is 0 Å². The maximum absolute atomic E-state index is 5.21. The fourth-order valence-corrected chi connectivity index (χ4v) is 9.18. The number of allylic oxidation sites excluding steroid dienone is 4. The van der Waals surface area contributed by atoms with Crippen LogP contribution in [0, 0.1) is 0 Å². The van der Waals surface area contributed by atoms with E-state index in [-0.39, 0.29) is 5.92 Å². The molecule has 0 amide bonds. The van der Waals surface area contributed by atoms with E-state index in [0.29, 0.717) is 17.5 Å². The van der Waals surface area contributed by atoms with Crippen molar-refractivity contribution < 1.29 is 0 Å².